The van der Waals surface area contributed by atoms with Crippen molar-refractivity contribution in [3.05, 3.63) is 82.9 Å². The molecule has 2 aromatic rings. The molecule has 0 amide bonds. The molecule has 0 spiro atoms. The van der Waals surface area contributed by atoms with Gasteiger partial charge in [0.15, 0.2) is 17.4 Å². The molecule has 4 heteroatoms. The molecular formula is C18H15F2NO. The van der Waals surface area contributed by atoms with Gasteiger partial charge in [-0.05, 0) is 29.8 Å². The first-order valence-corrected chi connectivity index (χ1v) is 7.09. The van der Waals surface area contributed by atoms with Gasteiger partial charge in [0.05, 0.1) is 0 Å². The van der Waals surface area contributed by atoms with Crippen LogP contribution in [0.5, 0.6) is 0 Å². The van der Waals surface area contributed by atoms with Crippen LogP contribution in [-0.4, -0.2) is 23.8 Å². The van der Waals surface area contributed by atoms with Crippen LogP contribution in [0.15, 0.2) is 54.6 Å². The van der Waals surface area contributed by atoms with Gasteiger partial charge in [-0.15, -0.1) is 0 Å². The minimum absolute atomic E-state index is 0.152. The fraction of sp³-hybridized carbons (Fsp3) is 0.167. The van der Waals surface area contributed by atoms with E-state index in [0.29, 0.717) is 5.56 Å². The van der Waals surface area contributed by atoms with E-state index in [9.17, 15) is 13.6 Å². The van der Waals surface area contributed by atoms with E-state index in [4.69, 9.17) is 0 Å². The Balaban J connectivity index is 1.81. The second-order valence-corrected chi connectivity index (χ2v) is 5.32. The Morgan fingerprint density at radius 3 is 2.41 bits per heavy atom. The summed E-state index contributed by atoms with van der Waals surface area (Å²) in [5.41, 5.74) is 1.66. The first kappa shape index (κ1) is 14.6. The van der Waals surface area contributed by atoms with Gasteiger partial charge < -0.3 is 0 Å². The summed E-state index contributed by atoms with van der Waals surface area (Å²) < 4.78 is 26.2. The van der Waals surface area contributed by atoms with Crippen molar-refractivity contribution in [3.8, 4) is 0 Å². The summed E-state index contributed by atoms with van der Waals surface area (Å²) in [6, 6.07) is 10.5. The van der Waals surface area contributed by atoms with Crippen molar-refractivity contribution in [1.82, 2.24) is 4.90 Å². The predicted octanol–water partition coefficient (Wildman–Crippen LogP) is 3.57. The van der Waals surface area contributed by atoms with Gasteiger partial charge in [-0.25, -0.2) is 8.78 Å². The maximum Gasteiger partial charge on any atom is 0.193 e. The molecule has 0 aliphatic carbocycles. The molecule has 0 fully saturated rings. The summed E-state index contributed by atoms with van der Waals surface area (Å²) in [6.07, 6.45) is 4.21. The molecule has 0 N–H and O–H groups in total. The van der Waals surface area contributed by atoms with Crippen LogP contribution >= 0.6 is 0 Å². The Hall–Kier alpha value is -2.33. The van der Waals surface area contributed by atoms with Crippen LogP contribution in [0.2, 0.25) is 0 Å². The maximum absolute atomic E-state index is 13.3. The number of carbonyl (C=O) groups is 1. The van der Waals surface area contributed by atoms with Crippen LogP contribution in [0.4, 0.5) is 8.78 Å². The zero-order valence-corrected chi connectivity index (χ0v) is 11.9. The predicted molar refractivity (Wildman–Crippen MR) is 80.6 cm³/mol. The Bertz CT molecular complexity index is 732. The molecule has 1 heterocycles. The first-order chi connectivity index (χ1) is 10.6. The molecule has 0 unspecified atom stereocenters. The average Bonchev–Trinajstić information content (AvgIpc) is 3.02. The number of carbonyl (C=O) groups excluding carboxylic acids is 1. The van der Waals surface area contributed by atoms with E-state index < -0.39 is 11.6 Å². The Morgan fingerprint density at radius 1 is 0.955 bits per heavy atom. The number of benzene rings is 2. The normalized spacial score (nSPS) is 14.5. The fourth-order valence-electron chi connectivity index (χ4n) is 2.52. The lowest BCUT2D eigenvalue weighted by atomic mass is 10.0. The van der Waals surface area contributed by atoms with E-state index in [1.165, 1.54) is 6.07 Å². The summed E-state index contributed by atoms with van der Waals surface area (Å²) in [6.45, 7) is 2.56. The van der Waals surface area contributed by atoms with Crippen molar-refractivity contribution in [2.45, 2.75) is 6.54 Å². The molecule has 112 valence electrons. The Morgan fingerprint density at radius 2 is 1.68 bits per heavy atom. The van der Waals surface area contributed by atoms with Gasteiger partial charge in [0, 0.05) is 30.8 Å². The molecule has 2 nitrogen and oxygen atoms in total. The molecule has 22 heavy (non-hydrogen) atoms. The molecule has 0 aromatic heterocycles. The smallest absolute Gasteiger partial charge is 0.193 e. The van der Waals surface area contributed by atoms with E-state index in [2.05, 4.69) is 17.1 Å². The summed E-state index contributed by atoms with van der Waals surface area (Å²) in [4.78, 5) is 14.6. The van der Waals surface area contributed by atoms with Crippen LogP contribution in [-0.2, 0) is 6.54 Å². The van der Waals surface area contributed by atoms with E-state index in [0.717, 1.165) is 37.3 Å². The third-order valence-corrected chi connectivity index (χ3v) is 3.67. The standard InChI is InChI=1S/C18H15F2NO/c19-16-7-6-15(11-17(16)20)18(22)14-5-3-4-13(10-14)12-21-8-1-2-9-21/h1-7,10-11H,8-9,12H2. The zero-order chi connectivity index (χ0) is 15.5. The van der Waals surface area contributed by atoms with Crippen LogP contribution < -0.4 is 0 Å². The Kier molecular flexibility index (Phi) is 4.11. The highest BCUT2D eigenvalue weighted by Crippen LogP contribution is 2.16. The fourth-order valence-corrected chi connectivity index (χ4v) is 2.52. The molecule has 0 saturated carbocycles. The molecule has 0 saturated heterocycles. The van der Waals surface area contributed by atoms with Crippen LogP contribution in [0, 0.1) is 11.6 Å². The summed E-state index contributed by atoms with van der Waals surface area (Å²) in [5, 5.41) is 0. The van der Waals surface area contributed by atoms with Gasteiger partial charge in [0.1, 0.15) is 0 Å². The summed E-state index contributed by atoms with van der Waals surface area (Å²) in [5.74, 6) is -2.27. The van der Waals surface area contributed by atoms with Gasteiger partial charge in [-0.3, -0.25) is 9.69 Å². The number of hydrogen-bond donors (Lipinski definition) is 0. The van der Waals surface area contributed by atoms with Crippen LogP contribution in [0.25, 0.3) is 0 Å². The lowest BCUT2D eigenvalue weighted by molar-refractivity contribution is 0.103. The molecule has 1 aliphatic heterocycles. The van der Waals surface area contributed by atoms with E-state index in [-0.39, 0.29) is 11.3 Å². The van der Waals surface area contributed by atoms with Crippen LogP contribution in [0.3, 0.4) is 0 Å². The van der Waals surface area contributed by atoms with Crippen molar-refractivity contribution in [2.24, 2.45) is 0 Å². The topological polar surface area (TPSA) is 20.3 Å². The molecule has 1 aliphatic rings. The minimum atomic E-state index is -1.01. The van der Waals surface area contributed by atoms with E-state index in [1.807, 2.05) is 18.2 Å². The van der Waals surface area contributed by atoms with Crippen molar-refractivity contribution < 1.29 is 13.6 Å². The quantitative estimate of drug-likeness (QED) is 0.635. The molecule has 0 atom stereocenters. The Labute approximate surface area is 127 Å². The second kappa shape index (κ2) is 6.20. The van der Waals surface area contributed by atoms with Crippen LogP contribution in [0.1, 0.15) is 21.5 Å². The number of halogens is 2. The minimum Gasteiger partial charge on any atom is -0.292 e. The third-order valence-electron chi connectivity index (χ3n) is 3.67. The van der Waals surface area contributed by atoms with Crippen molar-refractivity contribution in [1.29, 1.82) is 0 Å². The van der Waals surface area contributed by atoms with Crippen molar-refractivity contribution in [3.63, 3.8) is 0 Å². The number of hydrogen-bond acceptors (Lipinski definition) is 2. The van der Waals surface area contributed by atoms with Crippen molar-refractivity contribution >= 4 is 5.78 Å². The van der Waals surface area contributed by atoms with E-state index >= 15 is 0 Å². The van der Waals surface area contributed by atoms with Gasteiger partial charge >= 0.3 is 0 Å². The molecule has 0 bridgehead atoms. The average molecular weight is 299 g/mol. The molecule has 0 radical (unpaired) electrons. The lowest BCUT2D eigenvalue weighted by Gasteiger charge is -2.15. The SMILES string of the molecule is O=C(c1cccc(CN2CC=CC2)c1)c1ccc(F)c(F)c1. The monoisotopic (exact) mass is 299 g/mol. The molecule has 2 aromatic carbocycles. The van der Waals surface area contributed by atoms with Gasteiger partial charge in [0.25, 0.3) is 0 Å². The summed E-state index contributed by atoms with van der Waals surface area (Å²) in [7, 11) is 0. The third kappa shape index (κ3) is 3.12. The highest BCUT2D eigenvalue weighted by Gasteiger charge is 2.13. The number of ketones is 1. The molecule has 3 rings (SSSR count). The highest BCUT2D eigenvalue weighted by molar-refractivity contribution is 6.09. The largest absolute Gasteiger partial charge is 0.292 e. The zero-order valence-electron chi connectivity index (χ0n) is 11.9. The van der Waals surface area contributed by atoms with Gasteiger partial charge in [0.2, 0.25) is 0 Å². The highest BCUT2D eigenvalue weighted by atomic mass is 19.2. The second-order valence-electron chi connectivity index (χ2n) is 5.32. The van der Waals surface area contributed by atoms with Crippen molar-refractivity contribution in [2.75, 3.05) is 13.1 Å². The molecular weight excluding hydrogens is 284 g/mol. The van der Waals surface area contributed by atoms with E-state index in [1.54, 1.807) is 6.07 Å². The maximum atomic E-state index is 13.3. The first-order valence-electron chi connectivity index (χ1n) is 7.09. The lowest BCUT2D eigenvalue weighted by Crippen LogP contribution is -2.19. The van der Waals surface area contributed by atoms with Gasteiger partial charge in [-0.2, -0.15) is 0 Å². The number of nitrogens with zero attached hydrogens (tertiary/aromatic N) is 1. The van der Waals surface area contributed by atoms with Gasteiger partial charge in [-0.1, -0.05) is 30.4 Å². The summed E-state index contributed by atoms with van der Waals surface area (Å²) >= 11 is 0. The number of rotatable bonds is 4.